The Kier molecular flexibility index (Phi) is 3.86. The zero-order chi connectivity index (χ0) is 16.5. The van der Waals surface area contributed by atoms with Gasteiger partial charge in [0, 0.05) is 12.0 Å². The Hall–Kier alpha value is -2.54. The molecule has 0 heterocycles. The van der Waals surface area contributed by atoms with Gasteiger partial charge in [0.1, 0.15) is 11.5 Å². The van der Waals surface area contributed by atoms with Crippen LogP contribution in [-0.4, -0.2) is 0 Å². The van der Waals surface area contributed by atoms with Gasteiger partial charge in [0.15, 0.2) is 0 Å². The van der Waals surface area contributed by atoms with Crippen molar-refractivity contribution in [1.29, 1.82) is 0 Å². The second-order valence-electron chi connectivity index (χ2n) is 6.33. The SMILES string of the molecule is CCc1cc2c(c(Oc3ccccc3)c1CC)Cc1ccccc1-2. The van der Waals surface area contributed by atoms with E-state index >= 15 is 0 Å². The minimum Gasteiger partial charge on any atom is -0.457 e. The number of ether oxygens (including phenoxy) is 1. The fourth-order valence-corrected chi connectivity index (χ4v) is 3.77. The van der Waals surface area contributed by atoms with Crippen molar-refractivity contribution in [2.75, 3.05) is 0 Å². The number of para-hydroxylation sites is 1. The summed E-state index contributed by atoms with van der Waals surface area (Å²) in [6, 6.07) is 21.3. The van der Waals surface area contributed by atoms with Crippen molar-refractivity contribution in [3.8, 4) is 22.6 Å². The molecule has 0 unspecified atom stereocenters. The lowest BCUT2D eigenvalue weighted by atomic mass is 9.94. The highest BCUT2D eigenvalue weighted by Gasteiger charge is 2.25. The molecule has 0 bridgehead atoms. The summed E-state index contributed by atoms with van der Waals surface area (Å²) in [6.45, 7) is 4.45. The Labute approximate surface area is 143 Å². The van der Waals surface area contributed by atoms with E-state index < -0.39 is 0 Å². The predicted octanol–water partition coefficient (Wildman–Crippen LogP) is 6.17. The first-order valence-corrected chi connectivity index (χ1v) is 8.80. The maximum Gasteiger partial charge on any atom is 0.135 e. The molecule has 0 radical (unpaired) electrons. The summed E-state index contributed by atoms with van der Waals surface area (Å²) in [5.41, 5.74) is 8.22. The summed E-state index contributed by atoms with van der Waals surface area (Å²) < 4.78 is 6.42. The summed E-state index contributed by atoms with van der Waals surface area (Å²) in [7, 11) is 0. The molecule has 120 valence electrons. The van der Waals surface area contributed by atoms with Crippen LogP contribution in [0.5, 0.6) is 11.5 Å². The Balaban J connectivity index is 1.91. The molecule has 1 aliphatic carbocycles. The van der Waals surface area contributed by atoms with E-state index in [4.69, 9.17) is 4.74 Å². The lowest BCUT2D eigenvalue weighted by molar-refractivity contribution is 0.471. The zero-order valence-electron chi connectivity index (χ0n) is 14.3. The lowest BCUT2D eigenvalue weighted by Crippen LogP contribution is -2.01. The van der Waals surface area contributed by atoms with Gasteiger partial charge in [-0.25, -0.2) is 0 Å². The summed E-state index contributed by atoms with van der Waals surface area (Å²) in [5, 5.41) is 0. The molecule has 0 aliphatic heterocycles. The smallest absolute Gasteiger partial charge is 0.135 e. The standard InChI is InChI=1S/C23H22O/c1-3-16-14-21-20-13-9-8-10-17(20)15-22(21)23(19(16)4-2)24-18-11-6-5-7-12-18/h5-14H,3-4,15H2,1-2H3. The number of fused-ring (bicyclic) bond motifs is 3. The molecule has 3 aromatic carbocycles. The van der Waals surface area contributed by atoms with Gasteiger partial charge in [-0.15, -0.1) is 0 Å². The molecule has 1 nitrogen and oxygen atoms in total. The Morgan fingerprint density at radius 1 is 0.833 bits per heavy atom. The second kappa shape index (κ2) is 6.16. The van der Waals surface area contributed by atoms with Crippen molar-refractivity contribution in [1.82, 2.24) is 0 Å². The van der Waals surface area contributed by atoms with Crippen molar-refractivity contribution >= 4 is 0 Å². The fraction of sp³-hybridized carbons (Fsp3) is 0.217. The monoisotopic (exact) mass is 314 g/mol. The number of hydrogen-bond donors (Lipinski definition) is 0. The highest BCUT2D eigenvalue weighted by atomic mass is 16.5. The van der Waals surface area contributed by atoms with Crippen molar-refractivity contribution < 1.29 is 4.74 Å². The Morgan fingerprint density at radius 3 is 2.33 bits per heavy atom. The highest BCUT2D eigenvalue weighted by molar-refractivity contribution is 5.81. The van der Waals surface area contributed by atoms with Crippen molar-refractivity contribution in [2.24, 2.45) is 0 Å². The zero-order valence-corrected chi connectivity index (χ0v) is 14.3. The van der Waals surface area contributed by atoms with E-state index in [9.17, 15) is 0 Å². The molecule has 0 saturated heterocycles. The average Bonchev–Trinajstić information content (AvgIpc) is 3.01. The molecule has 0 saturated carbocycles. The topological polar surface area (TPSA) is 9.23 Å². The van der Waals surface area contributed by atoms with Gasteiger partial charge in [-0.05, 0) is 52.8 Å². The Bertz CT molecular complexity index is 878. The van der Waals surface area contributed by atoms with E-state index in [1.165, 1.54) is 33.4 Å². The van der Waals surface area contributed by atoms with Gasteiger partial charge in [-0.2, -0.15) is 0 Å². The van der Waals surface area contributed by atoms with E-state index in [1.54, 1.807) is 0 Å². The largest absolute Gasteiger partial charge is 0.457 e. The minimum absolute atomic E-state index is 0.915. The van der Waals surface area contributed by atoms with E-state index in [-0.39, 0.29) is 0 Å². The van der Waals surface area contributed by atoms with Gasteiger partial charge in [-0.1, -0.05) is 62.4 Å². The number of benzene rings is 3. The normalized spacial score (nSPS) is 11.9. The van der Waals surface area contributed by atoms with Gasteiger partial charge < -0.3 is 4.74 Å². The highest BCUT2D eigenvalue weighted by Crippen LogP contribution is 2.45. The first kappa shape index (κ1) is 15.0. The molecular formula is C23H22O. The van der Waals surface area contributed by atoms with Crippen molar-refractivity contribution in [3.63, 3.8) is 0 Å². The van der Waals surface area contributed by atoms with Crippen LogP contribution in [0.1, 0.15) is 36.1 Å². The summed E-state index contributed by atoms with van der Waals surface area (Å²) in [5.74, 6) is 1.99. The van der Waals surface area contributed by atoms with Crippen LogP contribution >= 0.6 is 0 Å². The quantitative estimate of drug-likeness (QED) is 0.437. The molecule has 0 N–H and O–H groups in total. The van der Waals surface area contributed by atoms with E-state index in [0.29, 0.717) is 0 Å². The van der Waals surface area contributed by atoms with E-state index in [0.717, 1.165) is 30.8 Å². The van der Waals surface area contributed by atoms with Gasteiger partial charge in [-0.3, -0.25) is 0 Å². The first-order valence-electron chi connectivity index (χ1n) is 8.80. The number of rotatable bonds is 4. The second-order valence-corrected chi connectivity index (χ2v) is 6.33. The fourth-order valence-electron chi connectivity index (χ4n) is 3.77. The minimum atomic E-state index is 0.915. The maximum atomic E-state index is 6.42. The van der Waals surface area contributed by atoms with E-state index in [1.807, 2.05) is 30.3 Å². The lowest BCUT2D eigenvalue weighted by Gasteiger charge is -2.18. The summed E-state index contributed by atoms with van der Waals surface area (Å²) in [6.07, 6.45) is 2.99. The van der Waals surface area contributed by atoms with Gasteiger partial charge in [0.25, 0.3) is 0 Å². The van der Waals surface area contributed by atoms with Crippen LogP contribution < -0.4 is 4.74 Å². The summed E-state index contributed by atoms with van der Waals surface area (Å²) in [4.78, 5) is 0. The third-order valence-electron chi connectivity index (χ3n) is 4.95. The molecule has 0 amide bonds. The molecule has 0 fully saturated rings. The molecule has 1 aliphatic rings. The van der Waals surface area contributed by atoms with Gasteiger partial charge in [0.2, 0.25) is 0 Å². The van der Waals surface area contributed by atoms with E-state index in [2.05, 4.69) is 44.2 Å². The molecule has 4 rings (SSSR count). The number of aryl methyl sites for hydroxylation is 1. The molecule has 0 spiro atoms. The van der Waals surface area contributed by atoms with Crippen molar-refractivity contribution in [3.05, 3.63) is 82.9 Å². The van der Waals surface area contributed by atoms with Crippen LogP contribution in [0.4, 0.5) is 0 Å². The molecule has 0 aromatic heterocycles. The third kappa shape index (κ3) is 2.41. The molecule has 3 aromatic rings. The van der Waals surface area contributed by atoms with Crippen LogP contribution in [0, 0.1) is 0 Å². The average molecular weight is 314 g/mol. The molecule has 24 heavy (non-hydrogen) atoms. The van der Waals surface area contributed by atoms with Crippen LogP contribution in [0.15, 0.2) is 60.7 Å². The van der Waals surface area contributed by atoms with Gasteiger partial charge >= 0.3 is 0 Å². The predicted molar refractivity (Wildman–Crippen MR) is 100.0 cm³/mol. The van der Waals surface area contributed by atoms with Crippen LogP contribution in [-0.2, 0) is 19.3 Å². The number of hydrogen-bond acceptors (Lipinski definition) is 1. The van der Waals surface area contributed by atoms with Crippen molar-refractivity contribution in [2.45, 2.75) is 33.1 Å². The van der Waals surface area contributed by atoms with Crippen LogP contribution in [0.25, 0.3) is 11.1 Å². The Morgan fingerprint density at radius 2 is 1.58 bits per heavy atom. The van der Waals surface area contributed by atoms with Crippen LogP contribution in [0.3, 0.4) is 0 Å². The maximum absolute atomic E-state index is 6.42. The summed E-state index contributed by atoms with van der Waals surface area (Å²) >= 11 is 0. The first-order chi connectivity index (χ1) is 11.8. The third-order valence-corrected chi connectivity index (χ3v) is 4.95. The van der Waals surface area contributed by atoms with Crippen LogP contribution in [0.2, 0.25) is 0 Å². The molecule has 0 atom stereocenters. The van der Waals surface area contributed by atoms with Gasteiger partial charge in [0.05, 0.1) is 0 Å². The molecular weight excluding hydrogens is 292 g/mol. The molecule has 1 heteroatoms.